The molecule has 0 radical (unpaired) electrons. The molecule has 114 valence electrons. The van der Waals surface area contributed by atoms with Crippen LogP contribution in [0.1, 0.15) is 36.5 Å². The van der Waals surface area contributed by atoms with Crippen LogP contribution in [0.4, 0.5) is 0 Å². The topological polar surface area (TPSA) is 55.6 Å². The number of nitrogens with one attached hydrogen (secondary N) is 1. The summed E-state index contributed by atoms with van der Waals surface area (Å²) in [7, 11) is 0. The summed E-state index contributed by atoms with van der Waals surface area (Å²) in [5, 5.41) is 8.45. The minimum atomic E-state index is 0.563. The largest absolute Gasteiger partial charge is 0.312 e. The quantitative estimate of drug-likeness (QED) is 0.922. The Bertz CT molecular complexity index is 633. The van der Waals surface area contributed by atoms with E-state index < -0.39 is 0 Å². The maximum atomic E-state index is 6.17. The summed E-state index contributed by atoms with van der Waals surface area (Å²) < 4.78 is 1.69. The molecule has 0 saturated heterocycles. The van der Waals surface area contributed by atoms with Crippen molar-refractivity contribution in [2.75, 3.05) is 6.54 Å². The zero-order valence-corrected chi connectivity index (χ0v) is 14.0. The molecule has 0 aliphatic rings. The second-order valence-corrected chi connectivity index (χ2v) is 6.08. The summed E-state index contributed by atoms with van der Waals surface area (Å²) in [6.45, 7) is 11.9. The van der Waals surface area contributed by atoms with E-state index >= 15 is 0 Å². The van der Waals surface area contributed by atoms with E-state index in [1.165, 1.54) is 0 Å². The van der Waals surface area contributed by atoms with Crippen LogP contribution in [-0.4, -0.2) is 26.3 Å². The second-order valence-electron chi connectivity index (χ2n) is 5.70. The van der Waals surface area contributed by atoms with Gasteiger partial charge in [0.15, 0.2) is 0 Å². The Kier molecular flexibility index (Phi) is 4.96. The normalized spacial score (nSPS) is 11.4. The maximum Gasteiger partial charge on any atom is 0.251 e. The first-order valence-corrected chi connectivity index (χ1v) is 7.53. The van der Waals surface area contributed by atoms with Crippen molar-refractivity contribution in [3.05, 3.63) is 33.9 Å². The molecule has 0 bridgehead atoms. The van der Waals surface area contributed by atoms with Gasteiger partial charge in [-0.2, -0.15) is 5.10 Å². The lowest BCUT2D eigenvalue weighted by atomic mass is 10.2. The number of nitrogens with zero attached hydrogens (tertiary/aromatic N) is 4. The highest BCUT2D eigenvalue weighted by atomic mass is 35.5. The van der Waals surface area contributed by atoms with Crippen molar-refractivity contribution < 1.29 is 0 Å². The minimum absolute atomic E-state index is 0.563. The number of aryl methyl sites for hydroxylation is 2. The van der Waals surface area contributed by atoms with Crippen LogP contribution in [0.3, 0.4) is 0 Å². The molecule has 0 saturated carbocycles. The van der Waals surface area contributed by atoms with Crippen molar-refractivity contribution in [3.63, 3.8) is 0 Å². The van der Waals surface area contributed by atoms with Crippen LogP contribution >= 0.6 is 11.6 Å². The second kappa shape index (κ2) is 6.54. The SMILES string of the molecule is Cc1nc(-n2nc(C)c(Cl)c2C)ncc1CNCC(C)C. The zero-order chi connectivity index (χ0) is 15.6. The van der Waals surface area contributed by atoms with E-state index in [9.17, 15) is 0 Å². The fourth-order valence-electron chi connectivity index (χ4n) is 2.07. The Morgan fingerprint density at radius 2 is 1.95 bits per heavy atom. The molecule has 6 heteroatoms. The van der Waals surface area contributed by atoms with Crippen LogP contribution in [0.25, 0.3) is 5.95 Å². The molecule has 0 amide bonds. The lowest BCUT2D eigenvalue weighted by Gasteiger charge is -2.10. The van der Waals surface area contributed by atoms with E-state index in [1.807, 2.05) is 27.0 Å². The van der Waals surface area contributed by atoms with Crippen LogP contribution in [-0.2, 0) is 6.54 Å². The molecule has 0 spiro atoms. The third-order valence-corrected chi connectivity index (χ3v) is 3.88. The van der Waals surface area contributed by atoms with Gasteiger partial charge >= 0.3 is 0 Å². The van der Waals surface area contributed by atoms with Crippen molar-refractivity contribution in [3.8, 4) is 5.95 Å². The lowest BCUT2D eigenvalue weighted by Crippen LogP contribution is -2.20. The molecule has 0 fully saturated rings. The Morgan fingerprint density at radius 1 is 1.24 bits per heavy atom. The summed E-state index contributed by atoms with van der Waals surface area (Å²) in [5.41, 5.74) is 3.71. The first kappa shape index (κ1) is 15.9. The van der Waals surface area contributed by atoms with Gasteiger partial charge < -0.3 is 5.32 Å². The fourth-order valence-corrected chi connectivity index (χ4v) is 2.19. The van der Waals surface area contributed by atoms with Crippen LogP contribution < -0.4 is 5.32 Å². The molecular formula is C15H22ClN5. The van der Waals surface area contributed by atoms with E-state index in [4.69, 9.17) is 11.6 Å². The first-order valence-electron chi connectivity index (χ1n) is 7.15. The number of halogens is 1. The van der Waals surface area contributed by atoms with Gasteiger partial charge in [-0.05, 0) is 33.2 Å². The van der Waals surface area contributed by atoms with Crippen LogP contribution in [0.2, 0.25) is 5.02 Å². The Balaban J connectivity index is 2.20. The predicted molar refractivity (Wildman–Crippen MR) is 84.9 cm³/mol. The van der Waals surface area contributed by atoms with Crippen LogP contribution in [0.5, 0.6) is 0 Å². The van der Waals surface area contributed by atoms with Gasteiger partial charge in [0.2, 0.25) is 0 Å². The molecule has 0 aliphatic heterocycles. The zero-order valence-electron chi connectivity index (χ0n) is 13.2. The third-order valence-electron chi connectivity index (χ3n) is 3.33. The average Bonchev–Trinajstić information content (AvgIpc) is 2.68. The van der Waals surface area contributed by atoms with E-state index in [0.717, 1.165) is 35.7 Å². The Labute approximate surface area is 130 Å². The number of hydrogen-bond acceptors (Lipinski definition) is 4. The van der Waals surface area contributed by atoms with Crippen LogP contribution in [0.15, 0.2) is 6.20 Å². The molecule has 2 aromatic heterocycles. The Morgan fingerprint density at radius 3 is 2.48 bits per heavy atom. The molecule has 2 rings (SSSR count). The summed E-state index contributed by atoms with van der Waals surface area (Å²) in [5.74, 6) is 1.19. The van der Waals surface area contributed by atoms with E-state index in [0.29, 0.717) is 16.9 Å². The highest BCUT2D eigenvalue weighted by molar-refractivity contribution is 6.31. The standard InChI is InChI=1S/C15H22ClN5/c1-9(2)6-17-7-13-8-18-15(19-10(13)3)21-12(5)14(16)11(4)20-21/h8-9,17H,6-7H2,1-5H3. The first-order chi connectivity index (χ1) is 9.90. The average molecular weight is 308 g/mol. The number of rotatable bonds is 5. The predicted octanol–water partition coefficient (Wildman–Crippen LogP) is 2.99. The molecule has 21 heavy (non-hydrogen) atoms. The maximum absolute atomic E-state index is 6.17. The monoisotopic (exact) mass is 307 g/mol. The van der Waals surface area contributed by atoms with Gasteiger partial charge in [0, 0.05) is 24.0 Å². The number of aromatic nitrogens is 4. The molecule has 1 N–H and O–H groups in total. The van der Waals surface area contributed by atoms with Gasteiger partial charge in [-0.3, -0.25) is 0 Å². The van der Waals surface area contributed by atoms with E-state index in [2.05, 4.69) is 34.2 Å². The van der Waals surface area contributed by atoms with Gasteiger partial charge in [0.1, 0.15) is 0 Å². The van der Waals surface area contributed by atoms with Crippen molar-refractivity contribution in [2.24, 2.45) is 5.92 Å². The molecule has 2 aromatic rings. The lowest BCUT2D eigenvalue weighted by molar-refractivity contribution is 0.550. The van der Waals surface area contributed by atoms with Crippen molar-refractivity contribution in [1.82, 2.24) is 25.1 Å². The summed E-state index contributed by atoms with van der Waals surface area (Å²) in [6, 6.07) is 0. The van der Waals surface area contributed by atoms with Crippen LogP contribution in [0, 0.1) is 26.7 Å². The van der Waals surface area contributed by atoms with Gasteiger partial charge in [-0.15, -0.1) is 0 Å². The van der Waals surface area contributed by atoms with Gasteiger partial charge in [-0.25, -0.2) is 14.6 Å². The van der Waals surface area contributed by atoms with Crippen molar-refractivity contribution >= 4 is 11.6 Å². The highest BCUT2D eigenvalue weighted by Gasteiger charge is 2.13. The molecule has 5 nitrogen and oxygen atoms in total. The summed E-state index contributed by atoms with van der Waals surface area (Å²) in [4.78, 5) is 8.96. The molecule has 2 heterocycles. The smallest absolute Gasteiger partial charge is 0.251 e. The minimum Gasteiger partial charge on any atom is -0.312 e. The van der Waals surface area contributed by atoms with E-state index in [-0.39, 0.29) is 0 Å². The van der Waals surface area contributed by atoms with Crippen molar-refractivity contribution in [2.45, 2.75) is 41.2 Å². The van der Waals surface area contributed by atoms with E-state index in [1.54, 1.807) is 4.68 Å². The molecule has 0 unspecified atom stereocenters. The van der Waals surface area contributed by atoms with Gasteiger partial charge in [0.25, 0.3) is 5.95 Å². The number of hydrogen-bond donors (Lipinski definition) is 1. The van der Waals surface area contributed by atoms with Crippen molar-refractivity contribution in [1.29, 1.82) is 0 Å². The molecular weight excluding hydrogens is 286 g/mol. The van der Waals surface area contributed by atoms with Gasteiger partial charge in [-0.1, -0.05) is 25.4 Å². The summed E-state index contributed by atoms with van der Waals surface area (Å²) in [6.07, 6.45) is 1.86. The highest BCUT2D eigenvalue weighted by Crippen LogP contribution is 2.21. The summed E-state index contributed by atoms with van der Waals surface area (Å²) >= 11 is 6.17. The molecule has 0 aromatic carbocycles. The third kappa shape index (κ3) is 3.60. The fraction of sp³-hybridized carbons (Fsp3) is 0.533. The van der Waals surface area contributed by atoms with Gasteiger partial charge in [0.05, 0.1) is 16.4 Å². The Hall–Kier alpha value is -1.46. The molecule has 0 aliphatic carbocycles. The molecule has 0 atom stereocenters.